The fourth-order valence-corrected chi connectivity index (χ4v) is 17.2. The minimum Gasteiger partial charge on any atom is -0.345 e. The van der Waals surface area contributed by atoms with E-state index in [1.807, 2.05) is 6.07 Å². The van der Waals surface area contributed by atoms with E-state index in [0.29, 0.717) is 0 Å². The van der Waals surface area contributed by atoms with E-state index in [1.165, 1.54) is 177 Å². The quantitative estimate of drug-likeness (QED) is 0.122. The van der Waals surface area contributed by atoms with Gasteiger partial charge in [-0.25, -0.2) is 0 Å². The third-order valence-corrected chi connectivity index (χ3v) is 22.8. The number of aromatic nitrogens is 4. The van der Waals surface area contributed by atoms with Gasteiger partial charge in [-0.3, -0.25) is 0 Å². The molecule has 0 aliphatic rings. The first-order valence-corrected chi connectivity index (χ1v) is 39.6. The molecular formula is C108H84N8. The second kappa shape index (κ2) is 31.2. The number of fused-ring (bicyclic) bond motifs is 14. The van der Waals surface area contributed by atoms with Crippen molar-refractivity contribution in [3.8, 4) is 22.7 Å². The molecule has 0 saturated heterocycles. The van der Waals surface area contributed by atoms with Crippen LogP contribution in [0.1, 0.15) is 0 Å². The predicted molar refractivity (Wildman–Crippen MR) is 496 cm³/mol. The Morgan fingerprint density at radius 3 is 0.776 bits per heavy atom. The highest BCUT2D eigenvalue weighted by molar-refractivity contribution is 6.15. The van der Waals surface area contributed by atoms with Crippen molar-refractivity contribution >= 4 is 154 Å². The van der Waals surface area contributed by atoms with Crippen LogP contribution in [0.5, 0.6) is 0 Å². The molecule has 8 heteroatoms. The van der Waals surface area contributed by atoms with Crippen molar-refractivity contribution in [3.05, 3.63) is 437 Å². The van der Waals surface area contributed by atoms with E-state index in [0.717, 1.165) is 0 Å². The number of hydrogen-bond donors (Lipinski definition) is 0. The molecule has 18 aromatic carbocycles. The summed E-state index contributed by atoms with van der Waals surface area (Å²) in [5.74, 6) is 0. The van der Waals surface area contributed by atoms with Gasteiger partial charge in [0.05, 0.1) is 66.9 Å². The highest BCUT2D eigenvalue weighted by atomic mass is 15.1. The minimum absolute atomic E-state index is 1.17. The summed E-state index contributed by atoms with van der Waals surface area (Å²) >= 11 is 0. The molecule has 0 fully saturated rings. The fourth-order valence-electron chi connectivity index (χ4n) is 17.2. The van der Waals surface area contributed by atoms with E-state index in [-0.39, 0.29) is 0 Å². The summed E-state index contributed by atoms with van der Waals surface area (Å²) in [6.07, 6.45) is 0. The fraction of sp³-hybridized carbons (Fsp3) is 0.0370. The molecule has 0 aliphatic heterocycles. The Morgan fingerprint density at radius 1 is 0.147 bits per heavy atom. The van der Waals surface area contributed by atoms with Crippen molar-refractivity contribution < 1.29 is 0 Å². The van der Waals surface area contributed by atoms with Gasteiger partial charge < -0.3 is 37.9 Å². The summed E-state index contributed by atoms with van der Waals surface area (Å²) in [7, 11) is 8.51. The van der Waals surface area contributed by atoms with E-state index in [9.17, 15) is 0 Å². The van der Waals surface area contributed by atoms with Gasteiger partial charge in [-0.2, -0.15) is 0 Å². The van der Waals surface area contributed by atoms with Gasteiger partial charge in [0.15, 0.2) is 0 Å². The Labute approximate surface area is 675 Å². The average molecular weight is 1490 g/mol. The summed E-state index contributed by atoms with van der Waals surface area (Å²) < 4.78 is 9.53. The number of benzene rings is 18. The molecule has 4 aromatic heterocycles. The maximum atomic E-state index is 2.40. The first kappa shape index (κ1) is 71.2. The molecule has 0 N–H and O–H groups in total. The van der Waals surface area contributed by atoms with Crippen LogP contribution in [0.15, 0.2) is 437 Å². The maximum Gasteiger partial charge on any atom is 0.0699 e. The number of nitrogens with zero attached hydrogens (tertiary/aromatic N) is 8. The maximum absolute atomic E-state index is 2.40. The van der Waals surface area contributed by atoms with Gasteiger partial charge >= 0.3 is 0 Å². The molecule has 22 aromatic rings. The molecule has 0 spiro atoms. The average Bonchev–Trinajstić information content (AvgIpc) is 1.58. The molecule has 0 saturated carbocycles. The molecule has 0 atom stereocenters. The van der Waals surface area contributed by atoms with Crippen LogP contribution in [-0.4, -0.2) is 46.5 Å². The molecule has 556 valence electrons. The first-order chi connectivity index (χ1) is 57.3. The third-order valence-electron chi connectivity index (χ3n) is 22.8. The van der Waals surface area contributed by atoms with Crippen molar-refractivity contribution in [3.63, 3.8) is 0 Å². The van der Waals surface area contributed by atoms with Crippen LogP contribution in [0.2, 0.25) is 0 Å². The Hall–Kier alpha value is -15.1. The number of rotatable bonds is 12. The van der Waals surface area contributed by atoms with Crippen LogP contribution < -0.4 is 19.6 Å². The lowest BCUT2D eigenvalue weighted by molar-refractivity contribution is 1.12. The Morgan fingerprint density at radius 2 is 0.379 bits per heavy atom. The molecule has 116 heavy (non-hydrogen) atoms. The van der Waals surface area contributed by atoms with Gasteiger partial charge in [0.1, 0.15) is 0 Å². The van der Waals surface area contributed by atoms with Crippen molar-refractivity contribution in [1.82, 2.24) is 18.3 Å². The summed E-state index contributed by atoms with van der Waals surface area (Å²) in [5.41, 5.74) is 24.1. The second-order valence-corrected chi connectivity index (χ2v) is 29.4. The van der Waals surface area contributed by atoms with Crippen molar-refractivity contribution in [1.29, 1.82) is 0 Å². The highest BCUT2D eigenvalue weighted by Gasteiger charge is 2.22. The lowest BCUT2D eigenvalue weighted by Gasteiger charge is -2.23. The van der Waals surface area contributed by atoms with Crippen LogP contribution in [0.4, 0.5) is 45.5 Å². The van der Waals surface area contributed by atoms with Crippen molar-refractivity contribution in [2.45, 2.75) is 0 Å². The van der Waals surface area contributed by atoms with Crippen molar-refractivity contribution in [2.75, 3.05) is 47.8 Å². The molecular weight excluding hydrogens is 1410 g/mol. The standard InChI is InChI=1S/2C29H22N2.2C25H20N2/c1-30(21-11-3-2-4-12-21)26-19-9-16-25-22(26)15-10-20-29(25)31-27-17-7-5-13-23(27)24-14-6-8-18-28(24)31;1-30(21-11-3-2-4-12-21)26-19-20-29(23-14-6-5-13-22(23)26)31-27-17-9-7-15-24(27)25-16-8-10-18-28(25)31;1-26(19-11-3-2-4-12-19)24-17-9-10-18-25(24)27-22-15-7-5-13-20(22)21-14-6-8-16-23(21)27;1-26(19-10-3-2-4-11-19)20-12-9-13-21(18-20)27-24-16-7-5-14-22(24)23-15-6-8-17-25(23)27/h2*2-20H,1H3;2*2-18H,1H3. The SMILES string of the molecule is CN(c1ccccc1)c1ccc(-n2c3ccccc3c3ccccc32)c2ccccc12.CN(c1ccccc1)c1cccc(-n2c3ccccc3c3ccccc32)c1.CN(c1ccccc1)c1cccc2c(-n3c4ccccc4c4ccccc43)cccc12.CN(c1ccccc1)c1ccccc1-n1c2ccccc2c2ccccc21. The predicted octanol–water partition coefficient (Wildman–Crippen LogP) is 28.5. The van der Waals surface area contributed by atoms with Gasteiger partial charge in [0, 0.05) is 138 Å². The largest absolute Gasteiger partial charge is 0.345 e. The zero-order valence-electron chi connectivity index (χ0n) is 65.1. The first-order valence-electron chi connectivity index (χ1n) is 39.6. The van der Waals surface area contributed by atoms with Crippen LogP contribution >= 0.6 is 0 Å². The van der Waals surface area contributed by atoms with Crippen molar-refractivity contribution in [2.24, 2.45) is 0 Å². The normalized spacial score (nSPS) is 11.3. The van der Waals surface area contributed by atoms with Crippen LogP contribution in [-0.2, 0) is 0 Å². The van der Waals surface area contributed by atoms with E-state index in [2.05, 4.69) is 497 Å². The molecule has 22 rings (SSSR count). The van der Waals surface area contributed by atoms with Gasteiger partial charge in [-0.05, 0) is 152 Å². The van der Waals surface area contributed by atoms with Crippen LogP contribution in [0.3, 0.4) is 0 Å². The van der Waals surface area contributed by atoms with Gasteiger partial charge in [0.2, 0.25) is 0 Å². The monoisotopic (exact) mass is 1490 g/mol. The summed E-state index contributed by atoms with van der Waals surface area (Å²) in [5, 5.41) is 15.3. The Bertz CT molecular complexity index is 6900. The number of hydrogen-bond acceptors (Lipinski definition) is 4. The molecule has 0 radical (unpaired) electrons. The van der Waals surface area contributed by atoms with Crippen LogP contribution in [0, 0.1) is 0 Å². The molecule has 4 heterocycles. The van der Waals surface area contributed by atoms with E-state index in [4.69, 9.17) is 0 Å². The smallest absolute Gasteiger partial charge is 0.0699 e. The van der Waals surface area contributed by atoms with Crippen LogP contribution in [0.25, 0.3) is 132 Å². The third kappa shape index (κ3) is 13.0. The van der Waals surface area contributed by atoms with Gasteiger partial charge in [0.25, 0.3) is 0 Å². The molecule has 0 aliphatic carbocycles. The summed E-state index contributed by atoms with van der Waals surface area (Å²) in [6.45, 7) is 0. The highest BCUT2D eigenvalue weighted by Crippen LogP contribution is 2.43. The lowest BCUT2D eigenvalue weighted by Crippen LogP contribution is -2.12. The molecule has 0 bridgehead atoms. The zero-order chi connectivity index (χ0) is 78.0. The summed E-state index contributed by atoms with van der Waals surface area (Å²) in [6, 6.07) is 155. The Balaban J connectivity index is 0.000000103. The number of anilines is 8. The summed E-state index contributed by atoms with van der Waals surface area (Å²) in [4.78, 5) is 8.99. The topological polar surface area (TPSA) is 32.7 Å². The van der Waals surface area contributed by atoms with Gasteiger partial charge in [-0.15, -0.1) is 0 Å². The lowest BCUT2D eigenvalue weighted by atomic mass is 10.0. The molecule has 0 unspecified atom stereocenters. The van der Waals surface area contributed by atoms with E-state index >= 15 is 0 Å². The number of para-hydroxylation sites is 14. The van der Waals surface area contributed by atoms with Gasteiger partial charge in [-0.1, -0.05) is 285 Å². The van der Waals surface area contributed by atoms with E-state index in [1.54, 1.807) is 0 Å². The minimum atomic E-state index is 1.17. The molecule has 8 nitrogen and oxygen atoms in total. The molecule has 0 amide bonds. The Kier molecular flexibility index (Phi) is 19.2. The zero-order valence-corrected chi connectivity index (χ0v) is 65.1. The van der Waals surface area contributed by atoms with E-state index < -0.39 is 0 Å². The second-order valence-electron chi connectivity index (χ2n) is 29.4.